The second-order valence-electron chi connectivity index (χ2n) is 4.14. The number of azide groups is 1. The molecule has 0 aromatic heterocycles. The van der Waals surface area contributed by atoms with Crippen LogP contribution in [0.2, 0.25) is 0 Å². The number of nitrogens with zero attached hydrogens (tertiary/aromatic N) is 5. The second kappa shape index (κ2) is 6.67. The third kappa shape index (κ3) is 4.08. The fourth-order valence-corrected chi connectivity index (χ4v) is 2.23. The van der Waals surface area contributed by atoms with Crippen molar-refractivity contribution in [2.45, 2.75) is 25.8 Å². The summed E-state index contributed by atoms with van der Waals surface area (Å²) in [6.07, 6.45) is 2.63. The van der Waals surface area contributed by atoms with Crippen molar-refractivity contribution >= 4 is 0 Å². The number of likely N-dealkylation sites (tertiary alicyclic amines) is 1. The summed E-state index contributed by atoms with van der Waals surface area (Å²) in [7, 11) is 2.10. The Balaban J connectivity index is 2.24. The van der Waals surface area contributed by atoms with Gasteiger partial charge in [-0.15, -0.1) is 0 Å². The molecule has 1 heterocycles. The van der Waals surface area contributed by atoms with E-state index in [4.69, 9.17) is 5.53 Å². The molecular formula is C10H21N5. The van der Waals surface area contributed by atoms with E-state index < -0.39 is 0 Å². The Bertz CT molecular complexity index is 224. The van der Waals surface area contributed by atoms with Crippen molar-refractivity contribution in [3.63, 3.8) is 0 Å². The highest BCUT2D eigenvalue weighted by molar-refractivity contribution is 4.80. The number of hydrogen-bond acceptors (Lipinski definition) is 3. The van der Waals surface area contributed by atoms with Gasteiger partial charge < -0.3 is 4.90 Å². The maximum absolute atomic E-state index is 8.18. The van der Waals surface area contributed by atoms with E-state index >= 15 is 0 Å². The molecule has 0 spiro atoms. The van der Waals surface area contributed by atoms with Crippen LogP contribution in [0.4, 0.5) is 0 Å². The SMILES string of the molecule is CCN1CCCC1CN(C)CCN=[N+]=[N-]. The molecule has 0 bridgehead atoms. The molecule has 5 heteroatoms. The first-order valence-electron chi connectivity index (χ1n) is 5.71. The van der Waals surface area contributed by atoms with Crippen LogP contribution in [0.25, 0.3) is 10.4 Å². The van der Waals surface area contributed by atoms with E-state index in [0.717, 1.165) is 19.6 Å². The number of likely N-dealkylation sites (N-methyl/N-ethyl adjacent to an activating group) is 2. The molecule has 0 N–H and O–H groups in total. The average Bonchev–Trinajstić information content (AvgIpc) is 2.65. The van der Waals surface area contributed by atoms with Crippen LogP contribution in [0.3, 0.4) is 0 Å². The molecule has 15 heavy (non-hydrogen) atoms. The van der Waals surface area contributed by atoms with Crippen molar-refractivity contribution in [2.24, 2.45) is 5.11 Å². The Kier molecular flexibility index (Phi) is 5.47. The fourth-order valence-electron chi connectivity index (χ4n) is 2.23. The Labute approximate surface area is 91.7 Å². The summed E-state index contributed by atoms with van der Waals surface area (Å²) in [6, 6.07) is 0.700. The third-order valence-electron chi connectivity index (χ3n) is 3.07. The Hall–Kier alpha value is -0.770. The summed E-state index contributed by atoms with van der Waals surface area (Å²) < 4.78 is 0. The molecule has 0 radical (unpaired) electrons. The first kappa shape index (κ1) is 12.3. The molecule has 0 aliphatic carbocycles. The van der Waals surface area contributed by atoms with Crippen LogP contribution in [0.1, 0.15) is 19.8 Å². The number of rotatable bonds is 6. The van der Waals surface area contributed by atoms with E-state index in [1.807, 2.05) is 0 Å². The molecule has 0 aromatic carbocycles. The molecule has 1 aliphatic heterocycles. The minimum atomic E-state index is 0.575. The van der Waals surface area contributed by atoms with Gasteiger partial charge in [0.25, 0.3) is 0 Å². The third-order valence-corrected chi connectivity index (χ3v) is 3.07. The van der Waals surface area contributed by atoms with Crippen molar-refractivity contribution in [3.05, 3.63) is 10.4 Å². The Morgan fingerprint density at radius 2 is 2.40 bits per heavy atom. The van der Waals surface area contributed by atoms with Gasteiger partial charge >= 0.3 is 0 Å². The van der Waals surface area contributed by atoms with E-state index in [2.05, 4.69) is 33.8 Å². The predicted molar refractivity (Wildman–Crippen MR) is 61.8 cm³/mol. The molecule has 1 saturated heterocycles. The first-order valence-corrected chi connectivity index (χ1v) is 5.71. The molecule has 86 valence electrons. The lowest BCUT2D eigenvalue weighted by Crippen LogP contribution is -2.39. The van der Waals surface area contributed by atoms with Gasteiger partial charge in [0, 0.05) is 30.6 Å². The maximum atomic E-state index is 8.18. The van der Waals surface area contributed by atoms with E-state index in [1.54, 1.807) is 0 Å². The van der Waals surface area contributed by atoms with E-state index in [0.29, 0.717) is 12.6 Å². The van der Waals surface area contributed by atoms with Gasteiger partial charge in [-0.25, -0.2) is 0 Å². The quantitative estimate of drug-likeness (QED) is 0.381. The van der Waals surface area contributed by atoms with Gasteiger partial charge in [0.1, 0.15) is 0 Å². The summed E-state index contributed by atoms with van der Waals surface area (Å²) in [5.74, 6) is 0. The van der Waals surface area contributed by atoms with Gasteiger partial charge in [-0.1, -0.05) is 12.0 Å². The standard InChI is InChI=1S/C10H21N5/c1-3-15-7-4-5-10(15)9-14(2)8-6-12-13-11/h10H,3-9H2,1-2H3. The van der Waals surface area contributed by atoms with Crippen LogP contribution in [0.15, 0.2) is 5.11 Å². The molecule has 5 nitrogen and oxygen atoms in total. The highest BCUT2D eigenvalue weighted by Gasteiger charge is 2.23. The van der Waals surface area contributed by atoms with Gasteiger partial charge in [0.2, 0.25) is 0 Å². The summed E-state index contributed by atoms with van der Waals surface area (Å²) in [5, 5.41) is 3.55. The largest absolute Gasteiger partial charge is 0.305 e. The van der Waals surface area contributed by atoms with Gasteiger partial charge in [0.05, 0.1) is 0 Å². The van der Waals surface area contributed by atoms with Gasteiger partial charge in [-0.3, -0.25) is 4.90 Å². The maximum Gasteiger partial charge on any atom is 0.0385 e. The van der Waals surface area contributed by atoms with Crippen LogP contribution < -0.4 is 0 Å². The average molecular weight is 211 g/mol. The predicted octanol–water partition coefficient (Wildman–Crippen LogP) is 1.71. The highest BCUT2D eigenvalue weighted by atomic mass is 15.2. The van der Waals surface area contributed by atoms with Gasteiger partial charge in [-0.2, -0.15) is 0 Å². The molecule has 0 saturated carbocycles. The first-order chi connectivity index (χ1) is 7.27. The van der Waals surface area contributed by atoms with Crippen LogP contribution in [0.5, 0.6) is 0 Å². The monoisotopic (exact) mass is 211 g/mol. The molecule has 0 aromatic rings. The van der Waals surface area contributed by atoms with E-state index in [9.17, 15) is 0 Å². The minimum absolute atomic E-state index is 0.575. The molecule has 1 aliphatic rings. The van der Waals surface area contributed by atoms with Gasteiger partial charge in [0.15, 0.2) is 0 Å². The molecule has 1 fully saturated rings. The summed E-state index contributed by atoms with van der Waals surface area (Å²) in [4.78, 5) is 7.55. The molecule has 0 amide bonds. The van der Waals surface area contributed by atoms with Crippen molar-refractivity contribution in [2.75, 3.05) is 39.8 Å². The van der Waals surface area contributed by atoms with Crippen LogP contribution in [-0.2, 0) is 0 Å². The topological polar surface area (TPSA) is 55.2 Å². The van der Waals surface area contributed by atoms with Crippen molar-refractivity contribution < 1.29 is 0 Å². The fraction of sp³-hybridized carbons (Fsp3) is 1.00. The smallest absolute Gasteiger partial charge is 0.0385 e. The van der Waals surface area contributed by atoms with Crippen molar-refractivity contribution in [1.82, 2.24) is 9.80 Å². The zero-order chi connectivity index (χ0) is 11.1. The zero-order valence-electron chi connectivity index (χ0n) is 9.76. The minimum Gasteiger partial charge on any atom is -0.305 e. The molecule has 1 atom stereocenters. The lowest BCUT2D eigenvalue weighted by atomic mass is 10.2. The number of hydrogen-bond donors (Lipinski definition) is 0. The van der Waals surface area contributed by atoms with Crippen molar-refractivity contribution in [1.29, 1.82) is 0 Å². The molecular weight excluding hydrogens is 190 g/mol. The van der Waals surface area contributed by atoms with Crippen LogP contribution in [0, 0.1) is 0 Å². The second-order valence-corrected chi connectivity index (χ2v) is 4.14. The summed E-state index contributed by atoms with van der Waals surface area (Å²) in [6.45, 7) is 7.14. The van der Waals surface area contributed by atoms with Crippen molar-refractivity contribution in [3.8, 4) is 0 Å². The van der Waals surface area contributed by atoms with Gasteiger partial charge in [-0.05, 0) is 38.5 Å². The lowest BCUT2D eigenvalue weighted by molar-refractivity contribution is 0.201. The normalized spacial score (nSPS) is 21.9. The molecule has 1 unspecified atom stereocenters. The zero-order valence-corrected chi connectivity index (χ0v) is 9.76. The highest BCUT2D eigenvalue weighted by Crippen LogP contribution is 2.16. The lowest BCUT2D eigenvalue weighted by Gasteiger charge is -2.27. The van der Waals surface area contributed by atoms with E-state index in [1.165, 1.54) is 19.4 Å². The Morgan fingerprint density at radius 1 is 1.60 bits per heavy atom. The Morgan fingerprint density at radius 3 is 3.07 bits per heavy atom. The van der Waals surface area contributed by atoms with Crippen LogP contribution >= 0.6 is 0 Å². The molecule has 1 rings (SSSR count). The summed E-state index contributed by atoms with van der Waals surface area (Å²) in [5.41, 5.74) is 8.18. The van der Waals surface area contributed by atoms with E-state index in [-0.39, 0.29) is 0 Å². The van der Waals surface area contributed by atoms with Crippen LogP contribution in [-0.4, -0.2) is 55.6 Å². The summed E-state index contributed by atoms with van der Waals surface area (Å²) >= 11 is 0.